The van der Waals surface area contributed by atoms with Gasteiger partial charge >= 0.3 is 0 Å². The van der Waals surface area contributed by atoms with Crippen LogP contribution in [0.3, 0.4) is 0 Å². The first-order valence-electron chi connectivity index (χ1n) is 14.8. The second-order valence-electron chi connectivity index (χ2n) is 15.2. The minimum atomic E-state index is -0.122. The van der Waals surface area contributed by atoms with Crippen LogP contribution in [0.1, 0.15) is 105 Å². The van der Waals surface area contributed by atoms with Crippen molar-refractivity contribution in [1.82, 2.24) is 19.9 Å². The average Bonchev–Trinajstić information content (AvgIpc) is 2.87. The molecule has 0 saturated heterocycles. The molecule has 0 atom stereocenters. The maximum atomic E-state index is 5.17. The SMILES string of the molecule is CC(C)(C)c1cccnc1Nc1nc(-c2ccc(C(C)(C)C)c(Nc3ncccc3C(C)(C)C)n2)ccc1C(C)(C)C. The van der Waals surface area contributed by atoms with E-state index in [1.807, 2.05) is 24.5 Å². The zero-order valence-corrected chi connectivity index (χ0v) is 27.6. The van der Waals surface area contributed by atoms with E-state index in [1.165, 1.54) is 0 Å². The molecule has 2 N–H and O–H groups in total. The molecule has 0 spiro atoms. The van der Waals surface area contributed by atoms with Crippen LogP contribution in [0.15, 0.2) is 60.9 Å². The molecule has 0 bridgehead atoms. The number of nitrogens with one attached hydrogen (secondary N) is 2. The Kier molecular flexibility index (Phi) is 8.25. The lowest BCUT2D eigenvalue weighted by Crippen LogP contribution is -2.19. The number of aromatic nitrogens is 4. The third-order valence-electron chi connectivity index (χ3n) is 7.37. The maximum absolute atomic E-state index is 5.17. The summed E-state index contributed by atoms with van der Waals surface area (Å²) in [6.07, 6.45) is 3.65. The monoisotopic (exact) mass is 564 g/mol. The smallest absolute Gasteiger partial charge is 0.136 e. The highest BCUT2D eigenvalue weighted by atomic mass is 15.1. The number of nitrogens with zero attached hydrogens (tertiary/aromatic N) is 4. The third kappa shape index (κ3) is 6.97. The molecule has 4 aromatic heterocycles. The molecule has 42 heavy (non-hydrogen) atoms. The van der Waals surface area contributed by atoms with Crippen LogP contribution in [-0.2, 0) is 21.7 Å². The van der Waals surface area contributed by atoms with Crippen molar-refractivity contribution in [3.63, 3.8) is 0 Å². The fourth-order valence-corrected chi connectivity index (χ4v) is 5.05. The summed E-state index contributed by atoms with van der Waals surface area (Å²) in [5.41, 5.74) is 5.71. The lowest BCUT2D eigenvalue weighted by molar-refractivity contribution is 0.585. The Morgan fingerprint density at radius 3 is 1.02 bits per heavy atom. The predicted octanol–water partition coefficient (Wildman–Crippen LogP) is 9.61. The highest BCUT2D eigenvalue weighted by Crippen LogP contribution is 2.37. The van der Waals surface area contributed by atoms with Gasteiger partial charge in [-0.2, -0.15) is 0 Å². The first kappa shape index (κ1) is 31.1. The van der Waals surface area contributed by atoms with Crippen LogP contribution >= 0.6 is 0 Å². The molecular weight excluding hydrogens is 516 g/mol. The molecular formula is C36H48N6. The van der Waals surface area contributed by atoms with E-state index in [9.17, 15) is 0 Å². The van der Waals surface area contributed by atoms with Crippen LogP contribution in [0.25, 0.3) is 11.4 Å². The molecule has 0 aromatic carbocycles. The standard InChI is InChI=1S/C36H48N6/c1-33(2,3)23-15-13-21-37-29(23)41-31-25(35(7,8)9)17-19-27(39-31)28-20-18-26(36(10,11)12)32(40-28)42-30-24(34(4,5)6)16-14-22-38-30/h13-22H,1-12H3,(H,37,39,41)(H,38,40,42). The van der Waals surface area contributed by atoms with E-state index in [1.54, 1.807) is 0 Å². The molecule has 4 rings (SSSR count). The normalized spacial score (nSPS) is 12.8. The number of rotatable bonds is 5. The van der Waals surface area contributed by atoms with Gasteiger partial charge in [0.25, 0.3) is 0 Å². The molecule has 0 unspecified atom stereocenters. The van der Waals surface area contributed by atoms with Gasteiger partial charge in [0, 0.05) is 34.6 Å². The zero-order valence-electron chi connectivity index (χ0n) is 27.6. The van der Waals surface area contributed by atoms with Crippen LogP contribution in [0, 0.1) is 0 Å². The van der Waals surface area contributed by atoms with E-state index in [-0.39, 0.29) is 21.7 Å². The van der Waals surface area contributed by atoms with Crippen molar-refractivity contribution in [3.05, 3.63) is 83.2 Å². The number of pyridine rings is 4. The van der Waals surface area contributed by atoms with Crippen LogP contribution in [0.5, 0.6) is 0 Å². The molecule has 0 radical (unpaired) electrons. The third-order valence-corrected chi connectivity index (χ3v) is 7.37. The van der Waals surface area contributed by atoms with Gasteiger partial charge in [-0.15, -0.1) is 0 Å². The van der Waals surface area contributed by atoms with Crippen LogP contribution in [0.2, 0.25) is 0 Å². The molecule has 0 aliphatic carbocycles. The van der Waals surface area contributed by atoms with E-state index in [0.717, 1.165) is 56.9 Å². The summed E-state index contributed by atoms with van der Waals surface area (Å²) in [7, 11) is 0. The average molecular weight is 565 g/mol. The summed E-state index contributed by atoms with van der Waals surface area (Å²) in [5, 5.41) is 7.21. The van der Waals surface area contributed by atoms with Crippen molar-refractivity contribution >= 4 is 23.3 Å². The highest BCUT2D eigenvalue weighted by molar-refractivity contribution is 5.69. The summed E-state index contributed by atoms with van der Waals surface area (Å²) < 4.78 is 0. The first-order valence-corrected chi connectivity index (χ1v) is 14.8. The molecule has 4 heterocycles. The van der Waals surface area contributed by atoms with E-state index in [0.29, 0.717) is 0 Å². The van der Waals surface area contributed by atoms with Crippen molar-refractivity contribution in [2.75, 3.05) is 10.6 Å². The second-order valence-corrected chi connectivity index (χ2v) is 15.2. The largest absolute Gasteiger partial charge is 0.324 e. The van der Waals surface area contributed by atoms with Gasteiger partial charge < -0.3 is 10.6 Å². The van der Waals surface area contributed by atoms with Crippen molar-refractivity contribution < 1.29 is 0 Å². The Labute approximate surface area is 252 Å². The van der Waals surface area contributed by atoms with Gasteiger partial charge in [0.1, 0.15) is 23.3 Å². The molecule has 0 aliphatic rings. The zero-order chi connectivity index (χ0) is 31.1. The van der Waals surface area contributed by atoms with Gasteiger partial charge in [-0.3, -0.25) is 0 Å². The summed E-state index contributed by atoms with van der Waals surface area (Å²) in [6, 6.07) is 16.7. The lowest BCUT2D eigenvalue weighted by atomic mass is 9.85. The van der Waals surface area contributed by atoms with Crippen LogP contribution in [-0.4, -0.2) is 19.9 Å². The van der Waals surface area contributed by atoms with Crippen LogP contribution in [0.4, 0.5) is 23.3 Å². The molecule has 0 amide bonds. The fourth-order valence-electron chi connectivity index (χ4n) is 5.05. The summed E-state index contributed by atoms with van der Waals surface area (Å²) >= 11 is 0. The van der Waals surface area contributed by atoms with Crippen molar-refractivity contribution in [3.8, 4) is 11.4 Å². The van der Waals surface area contributed by atoms with E-state index < -0.39 is 0 Å². The molecule has 6 nitrogen and oxygen atoms in total. The molecule has 6 heteroatoms. The van der Waals surface area contributed by atoms with E-state index in [4.69, 9.17) is 19.9 Å². The maximum Gasteiger partial charge on any atom is 0.136 e. The Morgan fingerprint density at radius 1 is 0.405 bits per heavy atom. The molecule has 0 saturated carbocycles. The molecule has 0 aliphatic heterocycles. The van der Waals surface area contributed by atoms with E-state index >= 15 is 0 Å². The van der Waals surface area contributed by atoms with Gasteiger partial charge in [0.15, 0.2) is 0 Å². The first-order chi connectivity index (χ1) is 19.4. The van der Waals surface area contributed by atoms with Gasteiger partial charge in [-0.25, -0.2) is 19.9 Å². The summed E-state index contributed by atoms with van der Waals surface area (Å²) in [6.45, 7) is 26.4. The highest BCUT2D eigenvalue weighted by Gasteiger charge is 2.26. The topological polar surface area (TPSA) is 75.6 Å². The number of hydrogen-bond donors (Lipinski definition) is 2. The molecule has 4 aromatic rings. The van der Waals surface area contributed by atoms with E-state index in [2.05, 4.69) is 130 Å². The van der Waals surface area contributed by atoms with Gasteiger partial charge in [-0.1, -0.05) is 107 Å². The quantitative estimate of drug-likeness (QED) is 0.251. The minimum Gasteiger partial charge on any atom is -0.324 e. The van der Waals surface area contributed by atoms with Crippen molar-refractivity contribution in [2.24, 2.45) is 0 Å². The van der Waals surface area contributed by atoms with Gasteiger partial charge in [-0.05, 0) is 45.9 Å². The Hall–Kier alpha value is -3.80. The summed E-state index contributed by atoms with van der Waals surface area (Å²) in [5.74, 6) is 3.23. The molecule has 222 valence electrons. The molecule has 0 fully saturated rings. The van der Waals surface area contributed by atoms with Crippen molar-refractivity contribution in [2.45, 2.75) is 105 Å². The Bertz CT molecular complexity index is 1440. The second kappa shape index (κ2) is 11.1. The predicted molar refractivity (Wildman–Crippen MR) is 177 cm³/mol. The Balaban J connectivity index is 1.85. The van der Waals surface area contributed by atoms with Crippen LogP contribution < -0.4 is 10.6 Å². The minimum absolute atomic E-state index is 0.0710. The van der Waals surface area contributed by atoms with Gasteiger partial charge in [0.2, 0.25) is 0 Å². The number of anilines is 4. The summed E-state index contributed by atoms with van der Waals surface area (Å²) in [4.78, 5) is 19.8. The lowest BCUT2D eigenvalue weighted by Gasteiger charge is -2.27. The van der Waals surface area contributed by atoms with Crippen molar-refractivity contribution in [1.29, 1.82) is 0 Å². The Morgan fingerprint density at radius 2 is 0.714 bits per heavy atom. The fraction of sp³-hybridized carbons (Fsp3) is 0.444. The number of hydrogen-bond acceptors (Lipinski definition) is 6. The van der Waals surface area contributed by atoms with Gasteiger partial charge in [0.05, 0.1) is 11.4 Å².